The minimum Gasteiger partial charge on any atom is -0.496 e. The molecule has 0 heterocycles. The summed E-state index contributed by atoms with van der Waals surface area (Å²) in [5, 5.41) is 1.04. The Morgan fingerprint density at radius 2 is 1.96 bits per heavy atom. The molecule has 0 saturated heterocycles. The third-order valence-electron chi connectivity index (χ3n) is 2.98. The summed E-state index contributed by atoms with van der Waals surface area (Å²) >= 11 is 9.16. The van der Waals surface area contributed by atoms with Gasteiger partial charge in [-0.1, -0.05) is 45.7 Å². The molecule has 24 heavy (non-hydrogen) atoms. The van der Waals surface area contributed by atoms with E-state index in [-0.39, 0.29) is 10.6 Å². The highest BCUT2D eigenvalue weighted by Gasteiger charge is 2.16. The van der Waals surface area contributed by atoms with Gasteiger partial charge < -0.3 is 4.74 Å². The van der Waals surface area contributed by atoms with Crippen molar-refractivity contribution in [2.45, 2.75) is 0 Å². The molecule has 0 saturated carbocycles. The van der Waals surface area contributed by atoms with E-state index in [4.69, 9.17) is 16.3 Å². The maximum Gasteiger partial charge on any atom is 0.266 e. The number of carbonyl (C=O) groups excluding carboxylic acids is 1. The van der Waals surface area contributed by atoms with Crippen LogP contribution in [-0.2, 0) is 10.0 Å². The lowest BCUT2D eigenvalue weighted by atomic mass is 10.2. The van der Waals surface area contributed by atoms with Gasteiger partial charge in [0, 0.05) is 10.0 Å². The number of nitrogens with one attached hydrogen (secondary N) is 1. The van der Waals surface area contributed by atoms with E-state index < -0.39 is 15.9 Å². The molecular formula is C16H13BrClNO4S. The molecule has 1 amide bonds. The smallest absolute Gasteiger partial charge is 0.266 e. The first kappa shape index (κ1) is 18.5. The molecule has 0 aromatic heterocycles. The molecule has 0 radical (unpaired) electrons. The van der Waals surface area contributed by atoms with Crippen molar-refractivity contribution in [3.8, 4) is 5.75 Å². The number of benzene rings is 2. The second-order valence-electron chi connectivity index (χ2n) is 4.65. The third kappa shape index (κ3) is 4.83. The molecule has 2 aromatic rings. The van der Waals surface area contributed by atoms with Crippen LogP contribution < -0.4 is 9.46 Å². The fourth-order valence-electron chi connectivity index (χ4n) is 1.86. The first-order chi connectivity index (χ1) is 11.3. The van der Waals surface area contributed by atoms with Gasteiger partial charge in [0.15, 0.2) is 0 Å². The minimum atomic E-state index is -3.99. The summed E-state index contributed by atoms with van der Waals surface area (Å²) in [6.07, 6.45) is 1.34. The molecule has 0 atom stereocenters. The van der Waals surface area contributed by atoms with E-state index in [9.17, 15) is 13.2 Å². The average Bonchev–Trinajstić information content (AvgIpc) is 2.52. The monoisotopic (exact) mass is 429 g/mol. The van der Waals surface area contributed by atoms with Crippen LogP contribution in [-0.4, -0.2) is 21.4 Å². The van der Waals surface area contributed by atoms with Crippen LogP contribution in [0, 0.1) is 0 Å². The molecule has 2 rings (SSSR count). The minimum absolute atomic E-state index is 0.0640. The molecule has 0 bridgehead atoms. The number of methoxy groups -OCH3 is 1. The summed E-state index contributed by atoms with van der Waals surface area (Å²) in [5.74, 6) is -0.289. The number of hydrogen-bond donors (Lipinski definition) is 1. The standard InChI is InChI=1S/C16H13BrClNO4S/c1-23-15-5-3-2-4-11(15)8-9-24(21,22)19-16(20)13-7-6-12(17)10-14(13)18/h2-10H,1H3,(H,19,20). The zero-order valence-corrected chi connectivity index (χ0v) is 15.7. The van der Waals surface area contributed by atoms with E-state index in [1.165, 1.54) is 25.3 Å². The Labute approximate surface area is 153 Å². The van der Waals surface area contributed by atoms with Crippen molar-refractivity contribution >= 4 is 49.5 Å². The quantitative estimate of drug-likeness (QED) is 0.782. The number of carbonyl (C=O) groups is 1. The average molecular weight is 431 g/mol. The van der Waals surface area contributed by atoms with Crippen molar-refractivity contribution in [1.82, 2.24) is 4.72 Å². The number of ether oxygens (including phenoxy) is 1. The van der Waals surface area contributed by atoms with Crippen molar-refractivity contribution in [3.05, 3.63) is 68.5 Å². The molecule has 1 N–H and O–H groups in total. The molecule has 0 aliphatic heterocycles. The van der Waals surface area contributed by atoms with Gasteiger partial charge in [-0.25, -0.2) is 13.1 Å². The number of sulfonamides is 1. The van der Waals surface area contributed by atoms with Gasteiger partial charge in [-0.2, -0.15) is 0 Å². The first-order valence-corrected chi connectivity index (χ1v) is 9.37. The van der Waals surface area contributed by atoms with Crippen molar-refractivity contribution in [3.63, 3.8) is 0 Å². The third-order valence-corrected chi connectivity index (χ3v) is 4.75. The van der Waals surface area contributed by atoms with Gasteiger partial charge in [-0.3, -0.25) is 4.79 Å². The summed E-state index contributed by atoms with van der Waals surface area (Å²) in [7, 11) is -2.50. The Balaban J connectivity index is 2.19. The second-order valence-corrected chi connectivity index (χ2v) is 7.53. The lowest BCUT2D eigenvalue weighted by Gasteiger charge is -2.06. The largest absolute Gasteiger partial charge is 0.496 e. The van der Waals surface area contributed by atoms with Crippen molar-refractivity contribution in [2.24, 2.45) is 0 Å². The van der Waals surface area contributed by atoms with Gasteiger partial charge >= 0.3 is 0 Å². The highest BCUT2D eigenvalue weighted by atomic mass is 79.9. The van der Waals surface area contributed by atoms with Crippen LogP contribution in [0.25, 0.3) is 6.08 Å². The van der Waals surface area contributed by atoms with E-state index >= 15 is 0 Å². The predicted octanol–water partition coefficient (Wildman–Crippen LogP) is 3.84. The normalized spacial score (nSPS) is 11.5. The van der Waals surface area contributed by atoms with Gasteiger partial charge in [0.2, 0.25) is 0 Å². The molecular weight excluding hydrogens is 418 g/mol. The predicted molar refractivity (Wildman–Crippen MR) is 97.6 cm³/mol. The lowest BCUT2D eigenvalue weighted by Crippen LogP contribution is -2.29. The van der Waals surface area contributed by atoms with E-state index in [0.717, 1.165) is 5.41 Å². The Kier molecular flexibility index (Phi) is 6.04. The van der Waals surface area contributed by atoms with E-state index in [1.54, 1.807) is 30.3 Å². The van der Waals surface area contributed by atoms with Gasteiger partial charge in [-0.05, 0) is 30.3 Å². The maximum absolute atomic E-state index is 12.1. The molecule has 2 aromatic carbocycles. The molecule has 5 nitrogen and oxygen atoms in total. The fourth-order valence-corrected chi connectivity index (χ4v) is 3.38. The van der Waals surface area contributed by atoms with Crippen LogP contribution in [0.5, 0.6) is 5.75 Å². The van der Waals surface area contributed by atoms with Crippen LogP contribution in [0.4, 0.5) is 0 Å². The van der Waals surface area contributed by atoms with Crippen LogP contribution in [0.2, 0.25) is 5.02 Å². The van der Waals surface area contributed by atoms with Crippen molar-refractivity contribution in [1.29, 1.82) is 0 Å². The zero-order chi connectivity index (χ0) is 17.7. The number of hydrogen-bond acceptors (Lipinski definition) is 4. The van der Waals surface area contributed by atoms with Crippen molar-refractivity contribution in [2.75, 3.05) is 7.11 Å². The summed E-state index contributed by atoms with van der Waals surface area (Å²) in [6, 6.07) is 11.4. The van der Waals surface area contributed by atoms with Crippen LogP contribution >= 0.6 is 27.5 Å². The molecule has 8 heteroatoms. The van der Waals surface area contributed by atoms with E-state index in [0.29, 0.717) is 15.8 Å². The molecule has 0 fully saturated rings. The molecule has 126 valence electrons. The molecule has 0 aliphatic carbocycles. The van der Waals surface area contributed by atoms with Gasteiger partial charge in [0.25, 0.3) is 15.9 Å². The Morgan fingerprint density at radius 1 is 1.25 bits per heavy atom. The Hall–Kier alpha value is -1.83. The van der Waals surface area contributed by atoms with Crippen LogP contribution in [0.15, 0.2) is 52.3 Å². The summed E-state index contributed by atoms with van der Waals surface area (Å²) < 4.78 is 31.9. The van der Waals surface area contributed by atoms with Gasteiger partial charge in [0.05, 0.1) is 23.1 Å². The summed E-state index contributed by atoms with van der Waals surface area (Å²) in [4.78, 5) is 12.1. The Morgan fingerprint density at radius 3 is 2.62 bits per heavy atom. The fraction of sp³-hybridized carbons (Fsp3) is 0.0625. The first-order valence-electron chi connectivity index (χ1n) is 6.66. The number of halogens is 2. The van der Waals surface area contributed by atoms with Crippen LogP contribution in [0.1, 0.15) is 15.9 Å². The molecule has 0 aliphatic rings. The number of rotatable bonds is 5. The number of amides is 1. The summed E-state index contributed by atoms with van der Waals surface area (Å²) in [5.41, 5.74) is 0.633. The highest BCUT2D eigenvalue weighted by molar-refractivity contribution is 9.10. The molecule has 0 unspecified atom stereocenters. The SMILES string of the molecule is COc1ccccc1C=CS(=O)(=O)NC(=O)c1ccc(Br)cc1Cl. The van der Waals surface area contributed by atoms with Crippen LogP contribution in [0.3, 0.4) is 0 Å². The zero-order valence-electron chi connectivity index (χ0n) is 12.5. The lowest BCUT2D eigenvalue weighted by molar-refractivity contribution is 0.0982. The maximum atomic E-state index is 12.1. The van der Waals surface area contributed by atoms with Crippen molar-refractivity contribution < 1.29 is 17.9 Å². The summed E-state index contributed by atoms with van der Waals surface area (Å²) in [6.45, 7) is 0. The molecule has 0 spiro atoms. The highest BCUT2D eigenvalue weighted by Crippen LogP contribution is 2.22. The number of para-hydroxylation sites is 1. The second kappa shape index (κ2) is 7.83. The van der Waals surface area contributed by atoms with Gasteiger partial charge in [-0.15, -0.1) is 0 Å². The van der Waals surface area contributed by atoms with Gasteiger partial charge in [0.1, 0.15) is 5.75 Å². The van der Waals surface area contributed by atoms with E-state index in [1.807, 2.05) is 4.72 Å². The topological polar surface area (TPSA) is 72.5 Å². The van der Waals surface area contributed by atoms with E-state index in [2.05, 4.69) is 15.9 Å². The Bertz CT molecular complexity index is 897.